The van der Waals surface area contributed by atoms with E-state index in [-0.39, 0.29) is 4.90 Å². The van der Waals surface area contributed by atoms with E-state index < -0.39 is 15.8 Å². The molecule has 0 heterocycles. The fourth-order valence-electron chi connectivity index (χ4n) is 1.43. The van der Waals surface area contributed by atoms with Crippen molar-refractivity contribution >= 4 is 27.5 Å². The second-order valence-corrected chi connectivity index (χ2v) is 6.42. The third kappa shape index (κ3) is 3.25. The molecule has 2 aromatic rings. The lowest BCUT2D eigenvalue weighted by Gasteiger charge is -2.08. The summed E-state index contributed by atoms with van der Waals surface area (Å²) in [7, 11) is -3.81. The van der Waals surface area contributed by atoms with Gasteiger partial charge in [0, 0.05) is 15.5 Å². The van der Waals surface area contributed by atoms with Gasteiger partial charge in [-0.05, 0) is 30.3 Å². The molecular weight excluding hydrogens is 287 g/mol. The molecule has 0 fully saturated rings. The summed E-state index contributed by atoms with van der Waals surface area (Å²) in [5.41, 5.74) is 6.11. The number of primary sulfonamides is 1. The fourth-order valence-corrected chi connectivity index (χ4v) is 2.96. The molecule has 0 aliphatic carbocycles. The van der Waals surface area contributed by atoms with E-state index in [1.54, 1.807) is 18.2 Å². The predicted octanol–water partition coefficient (Wildman–Crippen LogP) is 2.21. The van der Waals surface area contributed by atoms with Crippen LogP contribution < -0.4 is 10.9 Å². The molecule has 0 aromatic heterocycles. The number of benzene rings is 2. The molecule has 0 amide bonds. The Balaban J connectivity index is 2.43. The third-order valence-corrected chi connectivity index (χ3v) is 4.41. The SMILES string of the molecule is Nc1ccc(S(N)(=O)=O)cc1Sc1ccccc1F. The Labute approximate surface area is 114 Å². The van der Waals surface area contributed by atoms with Crippen LogP contribution in [0.15, 0.2) is 57.2 Å². The van der Waals surface area contributed by atoms with E-state index in [1.165, 1.54) is 24.3 Å². The zero-order valence-electron chi connectivity index (χ0n) is 9.71. The van der Waals surface area contributed by atoms with Gasteiger partial charge in [0.2, 0.25) is 10.0 Å². The van der Waals surface area contributed by atoms with Crippen molar-refractivity contribution in [1.29, 1.82) is 0 Å². The van der Waals surface area contributed by atoms with E-state index in [0.29, 0.717) is 15.5 Å². The maximum atomic E-state index is 13.5. The van der Waals surface area contributed by atoms with Crippen molar-refractivity contribution < 1.29 is 12.8 Å². The summed E-state index contributed by atoms with van der Waals surface area (Å²) >= 11 is 1.05. The van der Waals surface area contributed by atoms with Crippen LogP contribution in [0.4, 0.5) is 10.1 Å². The summed E-state index contributed by atoms with van der Waals surface area (Å²) in [6, 6.07) is 10.3. The largest absolute Gasteiger partial charge is 0.398 e. The minimum Gasteiger partial charge on any atom is -0.398 e. The third-order valence-electron chi connectivity index (χ3n) is 2.37. The summed E-state index contributed by atoms with van der Waals surface area (Å²) in [4.78, 5) is 0.748. The van der Waals surface area contributed by atoms with Gasteiger partial charge in [0.25, 0.3) is 0 Å². The molecule has 2 rings (SSSR count). The van der Waals surface area contributed by atoms with Crippen LogP contribution in [0.5, 0.6) is 0 Å². The van der Waals surface area contributed by atoms with E-state index >= 15 is 0 Å². The first-order chi connectivity index (χ1) is 8.88. The van der Waals surface area contributed by atoms with E-state index in [2.05, 4.69) is 0 Å². The molecule has 100 valence electrons. The molecule has 0 aliphatic rings. The Morgan fingerprint density at radius 1 is 1.05 bits per heavy atom. The lowest BCUT2D eigenvalue weighted by molar-refractivity contribution is 0.597. The summed E-state index contributed by atoms with van der Waals surface area (Å²) in [6.07, 6.45) is 0. The topological polar surface area (TPSA) is 86.2 Å². The van der Waals surface area contributed by atoms with Gasteiger partial charge in [-0.1, -0.05) is 23.9 Å². The van der Waals surface area contributed by atoms with Crippen LogP contribution in [0, 0.1) is 5.82 Å². The maximum absolute atomic E-state index is 13.5. The Hall–Kier alpha value is -1.57. The van der Waals surface area contributed by atoms with Gasteiger partial charge in [-0.25, -0.2) is 17.9 Å². The molecule has 7 heteroatoms. The number of nitrogens with two attached hydrogens (primary N) is 2. The Kier molecular flexibility index (Phi) is 3.79. The molecule has 0 unspecified atom stereocenters. The molecule has 0 spiro atoms. The van der Waals surface area contributed by atoms with Crippen LogP contribution in [-0.4, -0.2) is 8.42 Å². The van der Waals surface area contributed by atoms with Gasteiger partial charge in [0.05, 0.1) is 4.90 Å². The first-order valence-corrected chi connectivity index (χ1v) is 7.59. The average molecular weight is 298 g/mol. The van der Waals surface area contributed by atoms with Gasteiger partial charge in [-0.15, -0.1) is 0 Å². The molecule has 19 heavy (non-hydrogen) atoms. The quantitative estimate of drug-likeness (QED) is 0.851. The van der Waals surface area contributed by atoms with Crippen LogP contribution in [0.1, 0.15) is 0 Å². The highest BCUT2D eigenvalue weighted by molar-refractivity contribution is 7.99. The van der Waals surface area contributed by atoms with Crippen LogP contribution in [0.3, 0.4) is 0 Å². The molecule has 4 N–H and O–H groups in total. The van der Waals surface area contributed by atoms with Crippen molar-refractivity contribution in [2.75, 3.05) is 5.73 Å². The van der Waals surface area contributed by atoms with E-state index in [4.69, 9.17) is 10.9 Å². The highest BCUT2D eigenvalue weighted by Crippen LogP contribution is 2.34. The van der Waals surface area contributed by atoms with Gasteiger partial charge in [0.15, 0.2) is 0 Å². The smallest absolute Gasteiger partial charge is 0.238 e. The first-order valence-electron chi connectivity index (χ1n) is 5.22. The maximum Gasteiger partial charge on any atom is 0.238 e. The van der Waals surface area contributed by atoms with Gasteiger partial charge >= 0.3 is 0 Å². The minimum atomic E-state index is -3.81. The number of hydrogen-bond donors (Lipinski definition) is 2. The van der Waals surface area contributed by atoms with E-state index in [0.717, 1.165) is 11.8 Å². The van der Waals surface area contributed by atoms with Crippen LogP contribution in [0.25, 0.3) is 0 Å². The molecule has 4 nitrogen and oxygen atoms in total. The lowest BCUT2D eigenvalue weighted by Crippen LogP contribution is -2.12. The zero-order valence-corrected chi connectivity index (χ0v) is 11.3. The predicted molar refractivity (Wildman–Crippen MR) is 72.8 cm³/mol. The highest BCUT2D eigenvalue weighted by Gasteiger charge is 2.12. The van der Waals surface area contributed by atoms with E-state index in [1.807, 2.05) is 0 Å². The van der Waals surface area contributed by atoms with Crippen molar-refractivity contribution in [1.82, 2.24) is 0 Å². The summed E-state index contributed by atoms with van der Waals surface area (Å²) in [5, 5.41) is 5.05. The van der Waals surface area contributed by atoms with Crippen molar-refractivity contribution in [3.8, 4) is 0 Å². The molecule has 0 bridgehead atoms. The van der Waals surface area contributed by atoms with E-state index in [9.17, 15) is 12.8 Å². The van der Waals surface area contributed by atoms with Crippen LogP contribution >= 0.6 is 11.8 Å². The van der Waals surface area contributed by atoms with Gasteiger partial charge in [0.1, 0.15) is 5.82 Å². The Bertz CT molecular complexity index is 717. The minimum absolute atomic E-state index is 0.0551. The van der Waals surface area contributed by atoms with Gasteiger partial charge in [-0.2, -0.15) is 0 Å². The molecule has 0 radical (unpaired) electrons. The van der Waals surface area contributed by atoms with Gasteiger partial charge in [-0.3, -0.25) is 0 Å². The molecule has 0 aliphatic heterocycles. The second-order valence-electron chi connectivity index (χ2n) is 3.78. The standard InChI is InChI=1S/C12H11FN2O2S2/c13-9-3-1-2-4-11(9)18-12-7-8(19(15,16)17)5-6-10(12)14/h1-7H,14H2,(H2,15,16,17). The summed E-state index contributed by atoms with van der Waals surface area (Å²) in [6.45, 7) is 0. The highest BCUT2D eigenvalue weighted by atomic mass is 32.2. The zero-order chi connectivity index (χ0) is 14.0. The Morgan fingerprint density at radius 2 is 1.74 bits per heavy atom. The number of rotatable bonds is 3. The second kappa shape index (κ2) is 5.20. The fraction of sp³-hybridized carbons (Fsp3) is 0. The monoisotopic (exact) mass is 298 g/mol. The number of halogens is 1. The van der Waals surface area contributed by atoms with Crippen LogP contribution in [-0.2, 0) is 10.0 Å². The molecule has 2 aromatic carbocycles. The first kappa shape index (κ1) is 13.9. The van der Waals surface area contributed by atoms with Crippen molar-refractivity contribution in [3.63, 3.8) is 0 Å². The van der Waals surface area contributed by atoms with Crippen molar-refractivity contribution in [2.45, 2.75) is 14.7 Å². The average Bonchev–Trinajstić information content (AvgIpc) is 2.33. The number of sulfonamides is 1. The lowest BCUT2D eigenvalue weighted by atomic mass is 10.3. The summed E-state index contributed by atoms with van der Waals surface area (Å²) in [5.74, 6) is -0.395. The number of hydrogen-bond acceptors (Lipinski definition) is 4. The summed E-state index contributed by atoms with van der Waals surface area (Å²) < 4.78 is 36.1. The normalized spacial score (nSPS) is 11.5. The van der Waals surface area contributed by atoms with Gasteiger partial charge < -0.3 is 5.73 Å². The molecular formula is C12H11FN2O2S2. The number of anilines is 1. The number of nitrogen functional groups attached to an aromatic ring is 1. The Morgan fingerprint density at radius 3 is 2.37 bits per heavy atom. The van der Waals surface area contributed by atoms with Crippen molar-refractivity contribution in [2.24, 2.45) is 5.14 Å². The van der Waals surface area contributed by atoms with Crippen molar-refractivity contribution in [3.05, 3.63) is 48.3 Å². The molecule has 0 saturated carbocycles. The van der Waals surface area contributed by atoms with Crippen LogP contribution in [0.2, 0.25) is 0 Å². The molecule has 0 atom stereocenters. The molecule has 0 saturated heterocycles.